The van der Waals surface area contributed by atoms with Crippen LogP contribution in [-0.2, 0) is 25.5 Å². The second kappa shape index (κ2) is 6.97. The maximum atomic E-state index is 12.8. The molecule has 5 nitrogen and oxygen atoms in total. The monoisotopic (exact) mass is 367 g/mol. The predicted molar refractivity (Wildman–Crippen MR) is 97.2 cm³/mol. The highest BCUT2D eigenvalue weighted by molar-refractivity contribution is 7.92. The molecule has 26 heavy (non-hydrogen) atoms. The molecule has 0 N–H and O–H groups in total. The highest BCUT2D eigenvalue weighted by Gasteiger charge is 2.50. The average molecular weight is 367 g/mol. The lowest BCUT2D eigenvalue weighted by Crippen LogP contribution is -2.59. The fourth-order valence-electron chi connectivity index (χ4n) is 3.19. The van der Waals surface area contributed by atoms with E-state index in [2.05, 4.69) is 0 Å². The zero-order valence-electron chi connectivity index (χ0n) is 13.9. The van der Waals surface area contributed by atoms with Gasteiger partial charge in [-0.05, 0) is 28.4 Å². The Kier molecular flexibility index (Phi) is 4.53. The molecule has 2 aliphatic rings. The number of ether oxygens (including phenoxy) is 1. The summed E-state index contributed by atoms with van der Waals surface area (Å²) in [5.41, 5.74) is 1.89. The van der Waals surface area contributed by atoms with Gasteiger partial charge < -0.3 is 9.29 Å². The van der Waals surface area contributed by atoms with Crippen molar-refractivity contribution in [2.45, 2.75) is 17.9 Å². The van der Waals surface area contributed by atoms with Crippen LogP contribution in [0.3, 0.4) is 0 Å². The van der Waals surface area contributed by atoms with E-state index in [0.717, 1.165) is 11.1 Å². The van der Waals surface area contributed by atoms with Crippen LogP contribution in [0.5, 0.6) is 0 Å². The van der Waals surface area contributed by atoms with E-state index >= 15 is 0 Å². The average Bonchev–Trinajstić information content (AvgIpc) is 2.67. The minimum absolute atomic E-state index is 0.192. The number of hydrogen-bond acceptors (Lipinski definition) is 4. The van der Waals surface area contributed by atoms with Gasteiger partial charge in [0.1, 0.15) is 11.4 Å². The third-order valence-electron chi connectivity index (χ3n) is 4.55. The maximum absolute atomic E-state index is 12.8. The minimum Gasteiger partial charge on any atom is -0.614 e. The van der Waals surface area contributed by atoms with Crippen molar-refractivity contribution in [2.24, 2.45) is 0 Å². The van der Waals surface area contributed by atoms with Gasteiger partial charge in [-0.3, -0.25) is 9.69 Å². The summed E-state index contributed by atoms with van der Waals surface area (Å²) in [7, 11) is 0. The Morgan fingerprint density at radius 3 is 2.19 bits per heavy atom. The number of β-lactam (4-membered cyclic amide) rings is 1. The predicted octanol–water partition coefficient (Wildman–Crippen LogP) is 2.52. The van der Waals surface area contributed by atoms with Crippen LogP contribution in [-0.4, -0.2) is 32.5 Å². The maximum Gasteiger partial charge on any atom is 0.356 e. The van der Waals surface area contributed by atoms with Gasteiger partial charge in [-0.1, -0.05) is 60.7 Å². The van der Waals surface area contributed by atoms with E-state index in [0.29, 0.717) is 0 Å². The Labute approximate surface area is 154 Å². The molecule has 4 rings (SSSR count). The molecule has 0 aliphatic carbocycles. The number of nitrogens with zero attached hydrogens (tertiary/aromatic N) is 1. The normalized spacial score (nSPS) is 21.7. The summed E-state index contributed by atoms with van der Waals surface area (Å²) in [5, 5.41) is -0.401. The molecule has 2 atom stereocenters. The topological polar surface area (TPSA) is 69.7 Å². The summed E-state index contributed by atoms with van der Waals surface area (Å²) >= 11 is -1.15. The summed E-state index contributed by atoms with van der Waals surface area (Å²) < 4.78 is 17.8. The number of benzene rings is 2. The standard InChI is InChI=1S/C20H17NO4S/c22-17-13-18-21(17)16(11-12-26(18)24)20(23)25-19(14-7-3-1-4-8-14)15-9-5-2-6-10-15/h1-11,18-19H,12-13H2. The number of hydrogen-bond donors (Lipinski definition) is 0. The molecule has 6 heteroatoms. The van der Waals surface area contributed by atoms with Gasteiger partial charge in [0.25, 0.3) is 0 Å². The van der Waals surface area contributed by atoms with E-state index in [4.69, 9.17) is 4.74 Å². The quantitative estimate of drug-likeness (QED) is 0.473. The van der Waals surface area contributed by atoms with Gasteiger partial charge >= 0.3 is 5.97 Å². The Morgan fingerprint density at radius 1 is 1.08 bits per heavy atom. The van der Waals surface area contributed by atoms with Crippen LogP contribution >= 0.6 is 0 Å². The summed E-state index contributed by atoms with van der Waals surface area (Å²) in [6, 6.07) is 18.9. The van der Waals surface area contributed by atoms with E-state index in [-0.39, 0.29) is 23.8 Å². The molecule has 1 saturated heterocycles. The van der Waals surface area contributed by atoms with Crippen LogP contribution in [0.25, 0.3) is 0 Å². The molecule has 0 bridgehead atoms. The summed E-state index contributed by atoms with van der Waals surface area (Å²) in [6.45, 7) is 0. The van der Waals surface area contributed by atoms with E-state index in [1.54, 1.807) is 6.08 Å². The Hall–Kier alpha value is -2.57. The highest BCUT2D eigenvalue weighted by Crippen LogP contribution is 2.35. The fraction of sp³-hybridized carbons (Fsp3) is 0.200. The van der Waals surface area contributed by atoms with E-state index in [9.17, 15) is 14.1 Å². The molecule has 2 heterocycles. The fourth-order valence-corrected chi connectivity index (χ4v) is 4.53. The van der Waals surface area contributed by atoms with Crippen molar-refractivity contribution in [3.05, 3.63) is 83.6 Å². The third kappa shape index (κ3) is 3.02. The summed E-state index contributed by atoms with van der Waals surface area (Å²) in [5.74, 6) is -0.500. The van der Waals surface area contributed by atoms with Gasteiger partial charge in [-0.2, -0.15) is 0 Å². The first-order chi connectivity index (χ1) is 12.6. The molecular weight excluding hydrogens is 350 g/mol. The van der Waals surface area contributed by atoms with Crippen LogP contribution in [0.2, 0.25) is 0 Å². The SMILES string of the molecule is O=C(OC(c1ccccc1)c1ccccc1)C1=CC[S+]([O-])C2CC(=O)N12. The Morgan fingerprint density at radius 2 is 1.65 bits per heavy atom. The van der Waals surface area contributed by atoms with Crippen molar-refractivity contribution in [3.63, 3.8) is 0 Å². The molecule has 2 unspecified atom stereocenters. The van der Waals surface area contributed by atoms with Gasteiger partial charge in [-0.25, -0.2) is 4.79 Å². The number of esters is 1. The first-order valence-corrected chi connectivity index (χ1v) is 9.73. The van der Waals surface area contributed by atoms with Crippen LogP contribution in [0.15, 0.2) is 72.4 Å². The van der Waals surface area contributed by atoms with Crippen molar-refractivity contribution >= 4 is 23.1 Å². The first kappa shape index (κ1) is 16.9. The molecule has 2 aliphatic heterocycles. The van der Waals surface area contributed by atoms with Crippen molar-refractivity contribution < 1.29 is 18.9 Å². The lowest BCUT2D eigenvalue weighted by atomic mass is 10.0. The molecule has 0 spiro atoms. The minimum atomic E-state index is -1.15. The van der Waals surface area contributed by atoms with E-state index in [1.807, 2.05) is 60.7 Å². The summed E-state index contributed by atoms with van der Waals surface area (Å²) in [4.78, 5) is 26.0. The molecule has 2 aromatic rings. The number of carbonyl (C=O) groups is 2. The third-order valence-corrected chi connectivity index (χ3v) is 6.03. The number of rotatable bonds is 4. The van der Waals surface area contributed by atoms with Crippen LogP contribution < -0.4 is 0 Å². The zero-order valence-corrected chi connectivity index (χ0v) is 14.7. The van der Waals surface area contributed by atoms with E-state index in [1.165, 1.54) is 4.90 Å². The lowest BCUT2D eigenvalue weighted by Gasteiger charge is -2.42. The van der Waals surface area contributed by atoms with E-state index < -0.39 is 28.6 Å². The molecule has 1 amide bonds. The largest absolute Gasteiger partial charge is 0.614 e. The number of amides is 1. The molecular formula is C20H17NO4S. The molecule has 0 aromatic heterocycles. The Bertz CT molecular complexity index is 813. The van der Waals surface area contributed by atoms with Crippen molar-refractivity contribution in [2.75, 3.05) is 5.75 Å². The van der Waals surface area contributed by atoms with Gasteiger partial charge in [0.2, 0.25) is 11.3 Å². The van der Waals surface area contributed by atoms with Crippen molar-refractivity contribution in [1.82, 2.24) is 4.90 Å². The molecule has 132 valence electrons. The molecule has 1 fully saturated rings. The van der Waals surface area contributed by atoms with Crippen LogP contribution in [0, 0.1) is 0 Å². The van der Waals surface area contributed by atoms with Gasteiger partial charge in [0, 0.05) is 0 Å². The number of fused-ring (bicyclic) bond motifs is 1. The van der Waals surface area contributed by atoms with Gasteiger partial charge in [0.15, 0.2) is 6.10 Å². The second-order valence-electron chi connectivity index (χ2n) is 6.17. The lowest BCUT2D eigenvalue weighted by molar-refractivity contribution is -0.151. The van der Waals surface area contributed by atoms with Gasteiger partial charge in [-0.15, -0.1) is 0 Å². The van der Waals surface area contributed by atoms with Gasteiger partial charge in [0.05, 0.1) is 6.42 Å². The smallest absolute Gasteiger partial charge is 0.356 e. The number of carbonyl (C=O) groups excluding carboxylic acids is 2. The zero-order chi connectivity index (χ0) is 18.1. The van der Waals surface area contributed by atoms with Crippen LogP contribution in [0.4, 0.5) is 0 Å². The molecule has 0 saturated carbocycles. The highest BCUT2D eigenvalue weighted by atomic mass is 32.2. The Balaban J connectivity index is 1.62. The molecule has 2 aromatic carbocycles. The van der Waals surface area contributed by atoms with Crippen molar-refractivity contribution in [3.8, 4) is 0 Å². The second-order valence-corrected chi connectivity index (χ2v) is 7.80. The molecule has 0 radical (unpaired) electrons. The van der Waals surface area contributed by atoms with Crippen LogP contribution in [0.1, 0.15) is 23.7 Å². The summed E-state index contributed by atoms with van der Waals surface area (Å²) in [6.07, 6.45) is 1.19. The van der Waals surface area contributed by atoms with Crippen molar-refractivity contribution in [1.29, 1.82) is 0 Å². The first-order valence-electron chi connectivity index (χ1n) is 8.35.